The fourth-order valence-corrected chi connectivity index (χ4v) is 3.28. The minimum absolute atomic E-state index is 0.197. The van der Waals surface area contributed by atoms with Crippen LogP contribution in [0.2, 0.25) is 0 Å². The Morgan fingerprint density at radius 2 is 1.83 bits per heavy atom. The lowest BCUT2D eigenvalue weighted by molar-refractivity contribution is -0.135. The van der Waals surface area contributed by atoms with E-state index in [9.17, 15) is 9.90 Å². The molecule has 1 aliphatic rings. The molecule has 0 aromatic heterocycles. The summed E-state index contributed by atoms with van der Waals surface area (Å²) in [6.45, 7) is 5.28. The Bertz CT molecular complexity index is 341. The van der Waals surface area contributed by atoms with Crippen LogP contribution >= 0.6 is 0 Å². The minimum Gasteiger partial charge on any atom is -0.389 e. The van der Waals surface area contributed by atoms with Crippen molar-refractivity contribution >= 4 is 5.91 Å². The molecule has 1 N–H and O–H groups in total. The highest BCUT2D eigenvalue weighted by Crippen LogP contribution is 2.21. The Hall–Kier alpha value is -0.830. The number of hydrogen-bond donors (Lipinski definition) is 1. The maximum Gasteiger partial charge on any atom is 0.223 e. The molecule has 0 aromatic rings. The molecule has 0 aliphatic carbocycles. The van der Waals surface area contributed by atoms with E-state index in [1.165, 1.54) is 38.5 Å². The quantitative estimate of drug-likeness (QED) is 0.412. The number of nitrogens with zero attached hydrogens (tertiary/aromatic N) is 1. The SMILES string of the molecule is CCCCCCCN1C(=O)CCCC1/C=C/C(O)CCCCC. The van der Waals surface area contributed by atoms with Crippen LogP contribution in [0.5, 0.6) is 0 Å². The summed E-state index contributed by atoms with van der Waals surface area (Å²) in [5, 5.41) is 10.0. The van der Waals surface area contributed by atoms with Gasteiger partial charge in [0.15, 0.2) is 0 Å². The van der Waals surface area contributed by atoms with Crippen molar-refractivity contribution in [2.75, 3.05) is 6.54 Å². The average Bonchev–Trinajstić information content (AvgIpc) is 2.54. The predicted molar refractivity (Wildman–Crippen MR) is 97.4 cm³/mol. The van der Waals surface area contributed by atoms with Crippen molar-refractivity contribution in [3.63, 3.8) is 0 Å². The highest BCUT2D eigenvalue weighted by atomic mass is 16.3. The Morgan fingerprint density at radius 1 is 1.13 bits per heavy atom. The molecule has 1 rings (SSSR count). The summed E-state index contributed by atoms with van der Waals surface area (Å²) in [6.07, 6.45) is 16.8. The van der Waals surface area contributed by atoms with Crippen molar-refractivity contribution < 1.29 is 9.90 Å². The van der Waals surface area contributed by atoms with E-state index in [-0.39, 0.29) is 12.1 Å². The summed E-state index contributed by atoms with van der Waals surface area (Å²) in [6, 6.07) is 0.197. The summed E-state index contributed by atoms with van der Waals surface area (Å²) in [5.41, 5.74) is 0. The summed E-state index contributed by atoms with van der Waals surface area (Å²) < 4.78 is 0. The predicted octanol–water partition coefficient (Wildman–Crippen LogP) is 4.84. The van der Waals surface area contributed by atoms with E-state index < -0.39 is 0 Å². The topological polar surface area (TPSA) is 40.5 Å². The lowest BCUT2D eigenvalue weighted by Crippen LogP contribution is -2.43. The van der Waals surface area contributed by atoms with E-state index in [0.717, 1.165) is 38.6 Å². The zero-order chi connectivity index (χ0) is 16.9. The first-order valence-corrected chi connectivity index (χ1v) is 9.84. The van der Waals surface area contributed by atoms with Gasteiger partial charge in [0, 0.05) is 13.0 Å². The number of unbranched alkanes of at least 4 members (excludes halogenated alkanes) is 6. The molecule has 1 fully saturated rings. The van der Waals surface area contributed by atoms with E-state index in [1.807, 2.05) is 11.0 Å². The average molecular weight is 324 g/mol. The molecule has 1 amide bonds. The van der Waals surface area contributed by atoms with Crippen LogP contribution in [0.1, 0.15) is 90.9 Å². The molecule has 1 heterocycles. The Labute approximate surface area is 143 Å². The number of amides is 1. The fourth-order valence-electron chi connectivity index (χ4n) is 3.28. The maximum absolute atomic E-state index is 12.2. The van der Waals surface area contributed by atoms with Gasteiger partial charge in [-0.05, 0) is 25.7 Å². The van der Waals surface area contributed by atoms with Gasteiger partial charge in [0.1, 0.15) is 0 Å². The normalized spacial score (nSPS) is 20.4. The van der Waals surface area contributed by atoms with E-state index in [1.54, 1.807) is 0 Å². The first-order chi connectivity index (χ1) is 11.2. The summed E-state index contributed by atoms with van der Waals surface area (Å²) in [7, 11) is 0. The molecular formula is C20H37NO2. The van der Waals surface area contributed by atoms with Crippen LogP contribution in [0, 0.1) is 0 Å². The van der Waals surface area contributed by atoms with Crippen molar-refractivity contribution in [2.45, 2.75) is 103 Å². The lowest BCUT2D eigenvalue weighted by atomic mass is 9.99. The van der Waals surface area contributed by atoms with E-state index in [2.05, 4.69) is 19.9 Å². The van der Waals surface area contributed by atoms with Crippen molar-refractivity contribution in [1.29, 1.82) is 0 Å². The van der Waals surface area contributed by atoms with Crippen LogP contribution in [0.15, 0.2) is 12.2 Å². The first kappa shape index (κ1) is 20.2. The van der Waals surface area contributed by atoms with Crippen molar-refractivity contribution in [3.8, 4) is 0 Å². The van der Waals surface area contributed by atoms with E-state index in [0.29, 0.717) is 12.3 Å². The summed E-state index contributed by atoms with van der Waals surface area (Å²) >= 11 is 0. The van der Waals surface area contributed by atoms with Crippen LogP contribution in [0.25, 0.3) is 0 Å². The number of hydrogen-bond acceptors (Lipinski definition) is 2. The zero-order valence-corrected chi connectivity index (χ0v) is 15.3. The molecule has 0 radical (unpaired) electrons. The van der Waals surface area contributed by atoms with Crippen molar-refractivity contribution in [3.05, 3.63) is 12.2 Å². The molecule has 2 atom stereocenters. The lowest BCUT2D eigenvalue weighted by Gasteiger charge is -2.34. The van der Waals surface area contributed by atoms with Gasteiger partial charge in [-0.25, -0.2) is 0 Å². The third-order valence-corrected chi connectivity index (χ3v) is 4.77. The van der Waals surface area contributed by atoms with Crippen LogP contribution in [-0.2, 0) is 4.79 Å². The number of aliphatic hydroxyl groups excluding tert-OH is 1. The van der Waals surface area contributed by atoms with Gasteiger partial charge in [-0.2, -0.15) is 0 Å². The van der Waals surface area contributed by atoms with Gasteiger partial charge in [0.25, 0.3) is 0 Å². The van der Waals surface area contributed by atoms with Crippen molar-refractivity contribution in [2.24, 2.45) is 0 Å². The molecule has 3 nitrogen and oxygen atoms in total. The number of carbonyl (C=O) groups excluding carboxylic acids is 1. The van der Waals surface area contributed by atoms with E-state index >= 15 is 0 Å². The number of rotatable bonds is 12. The van der Waals surface area contributed by atoms with Gasteiger partial charge in [-0.3, -0.25) is 4.79 Å². The van der Waals surface area contributed by atoms with Crippen LogP contribution < -0.4 is 0 Å². The molecule has 1 aliphatic heterocycles. The third-order valence-electron chi connectivity index (χ3n) is 4.77. The van der Waals surface area contributed by atoms with Crippen LogP contribution in [0.3, 0.4) is 0 Å². The van der Waals surface area contributed by atoms with Gasteiger partial charge in [0.05, 0.1) is 12.1 Å². The smallest absolute Gasteiger partial charge is 0.223 e. The highest BCUT2D eigenvalue weighted by Gasteiger charge is 2.25. The molecular weight excluding hydrogens is 286 g/mol. The van der Waals surface area contributed by atoms with Crippen molar-refractivity contribution in [1.82, 2.24) is 4.90 Å². The number of piperidine rings is 1. The summed E-state index contributed by atoms with van der Waals surface area (Å²) in [5.74, 6) is 0.293. The molecule has 0 bridgehead atoms. The number of aliphatic hydroxyl groups is 1. The van der Waals surface area contributed by atoms with Gasteiger partial charge >= 0.3 is 0 Å². The van der Waals surface area contributed by atoms with Gasteiger partial charge in [0.2, 0.25) is 5.91 Å². The van der Waals surface area contributed by atoms with Crippen LogP contribution in [0.4, 0.5) is 0 Å². The monoisotopic (exact) mass is 323 g/mol. The second-order valence-electron chi connectivity index (χ2n) is 6.91. The van der Waals surface area contributed by atoms with E-state index in [4.69, 9.17) is 0 Å². The Balaban J connectivity index is 2.40. The third kappa shape index (κ3) is 8.55. The second-order valence-corrected chi connectivity index (χ2v) is 6.91. The zero-order valence-electron chi connectivity index (χ0n) is 15.3. The number of likely N-dealkylation sites (tertiary alicyclic amines) is 1. The highest BCUT2D eigenvalue weighted by molar-refractivity contribution is 5.77. The molecule has 2 unspecified atom stereocenters. The van der Waals surface area contributed by atoms with Crippen LogP contribution in [-0.4, -0.2) is 34.6 Å². The molecule has 0 saturated carbocycles. The first-order valence-electron chi connectivity index (χ1n) is 9.84. The molecule has 0 aromatic carbocycles. The Morgan fingerprint density at radius 3 is 2.57 bits per heavy atom. The molecule has 134 valence electrons. The largest absolute Gasteiger partial charge is 0.389 e. The fraction of sp³-hybridized carbons (Fsp3) is 0.850. The number of carbonyl (C=O) groups is 1. The van der Waals surface area contributed by atoms with Gasteiger partial charge in [-0.1, -0.05) is 70.9 Å². The molecule has 3 heteroatoms. The molecule has 1 saturated heterocycles. The minimum atomic E-state index is -0.356. The Kier molecular flexibility index (Phi) is 11.1. The standard InChI is InChI=1S/C20H37NO2/c1-3-5-7-8-10-17-21-18(12-11-14-20(21)23)15-16-19(22)13-9-6-4-2/h15-16,18-19,22H,3-14,17H2,1-2H3/b16-15+. The van der Waals surface area contributed by atoms with Gasteiger partial charge in [-0.15, -0.1) is 0 Å². The summed E-state index contributed by atoms with van der Waals surface area (Å²) in [4.78, 5) is 14.3. The maximum atomic E-state index is 12.2. The van der Waals surface area contributed by atoms with Gasteiger partial charge < -0.3 is 10.0 Å². The second kappa shape index (κ2) is 12.6. The molecule has 23 heavy (non-hydrogen) atoms. The molecule has 0 spiro atoms.